The maximum absolute atomic E-state index is 11.7. The molecule has 1 N–H and O–H groups in total. The molecule has 0 saturated heterocycles. The van der Waals surface area contributed by atoms with Crippen LogP contribution in [-0.2, 0) is 11.3 Å². The molecule has 1 fully saturated rings. The van der Waals surface area contributed by atoms with E-state index in [0.29, 0.717) is 16.7 Å². The average molecular weight is 292 g/mol. The molecular formula is C14H14ClN3O2. The van der Waals surface area contributed by atoms with Crippen LogP contribution < -0.4 is 5.32 Å². The van der Waals surface area contributed by atoms with Gasteiger partial charge in [-0.2, -0.15) is 4.98 Å². The number of nitrogens with zero attached hydrogens (tertiary/aromatic N) is 2. The van der Waals surface area contributed by atoms with E-state index in [4.69, 9.17) is 16.1 Å². The predicted octanol–water partition coefficient (Wildman–Crippen LogP) is 2.81. The molecule has 1 heterocycles. The van der Waals surface area contributed by atoms with Crippen molar-refractivity contribution in [1.82, 2.24) is 15.5 Å². The van der Waals surface area contributed by atoms with Gasteiger partial charge in [0.2, 0.25) is 17.6 Å². The summed E-state index contributed by atoms with van der Waals surface area (Å²) in [6.45, 7) is 0.267. The Balaban J connectivity index is 1.63. The van der Waals surface area contributed by atoms with E-state index in [1.807, 2.05) is 12.1 Å². The number of amides is 1. The van der Waals surface area contributed by atoms with E-state index in [0.717, 1.165) is 24.8 Å². The van der Waals surface area contributed by atoms with Crippen molar-refractivity contribution in [3.05, 3.63) is 35.2 Å². The smallest absolute Gasteiger partial charge is 0.246 e. The highest BCUT2D eigenvalue weighted by molar-refractivity contribution is 6.30. The van der Waals surface area contributed by atoms with Crippen molar-refractivity contribution in [2.75, 3.05) is 0 Å². The van der Waals surface area contributed by atoms with Crippen LogP contribution >= 0.6 is 11.6 Å². The van der Waals surface area contributed by atoms with Crippen LogP contribution in [0, 0.1) is 5.92 Å². The molecule has 0 unspecified atom stereocenters. The van der Waals surface area contributed by atoms with Crippen molar-refractivity contribution in [2.24, 2.45) is 5.92 Å². The molecule has 2 aromatic rings. The molecule has 1 aliphatic rings. The number of carbonyl (C=O) groups is 1. The second-order valence-electron chi connectivity index (χ2n) is 4.87. The molecule has 1 saturated carbocycles. The van der Waals surface area contributed by atoms with Crippen LogP contribution in [0.15, 0.2) is 28.8 Å². The van der Waals surface area contributed by atoms with Crippen molar-refractivity contribution in [3.8, 4) is 11.4 Å². The van der Waals surface area contributed by atoms with Gasteiger partial charge in [0, 0.05) is 16.5 Å². The summed E-state index contributed by atoms with van der Waals surface area (Å²) in [7, 11) is 0. The number of hydrogen-bond donors (Lipinski definition) is 1. The van der Waals surface area contributed by atoms with Crippen LogP contribution in [0.1, 0.15) is 25.2 Å². The minimum Gasteiger partial charge on any atom is -0.347 e. The SMILES string of the molecule is O=C(NCc1nc(-c2cccc(Cl)c2)no1)C1CCC1. The first-order chi connectivity index (χ1) is 9.72. The number of hydrogen-bond acceptors (Lipinski definition) is 4. The van der Waals surface area contributed by atoms with E-state index in [9.17, 15) is 4.79 Å². The Bertz CT molecular complexity index is 622. The molecule has 20 heavy (non-hydrogen) atoms. The predicted molar refractivity (Wildman–Crippen MR) is 73.9 cm³/mol. The maximum atomic E-state index is 11.7. The zero-order valence-electron chi connectivity index (χ0n) is 10.8. The summed E-state index contributed by atoms with van der Waals surface area (Å²) in [4.78, 5) is 15.9. The lowest BCUT2D eigenvalue weighted by Gasteiger charge is -2.23. The third kappa shape index (κ3) is 2.82. The fraction of sp³-hybridized carbons (Fsp3) is 0.357. The molecule has 1 aromatic heterocycles. The van der Waals surface area contributed by atoms with E-state index in [1.54, 1.807) is 12.1 Å². The lowest BCUT2D eigenvalue weighted by atomic mass is 9.85. The fourth-order valence-electron chi connectivity index (χ4n) is 2.05. The third-order valence-corrected chi connectivity index (χ3v) is 3.68. The van der Waals surface area contributed by atoms with Gasteiger partial charge in [0.15, 0.2) is 0 Å². The van der Waals surface area contributed by atoms with Crippen LogP contribution in [0.3, 0.4) is 0 Å². The van der Waals surface area contributed by atoms with E-state index < -0.39 is 0 Å². The minimum atomic E-state index is 0.0683. The van der Waals surface area contributed by atoms with Crippen LogP contribution in [0.2, 0.25) is 5.02 Å². The number of halogens is 1. The van der Waals surface area contributed by atoms with Gasteiger partial charge in [0.1, 0.15) is 0 Å². The molecule has 6 heteroatoms. The Morgan fingerprint density at radius 3 is 3.00 bits per heavy atom. The summed E-state index contributed by atoms with van der Waals surface area (Å²) in [6.07, 6.45) is 3.09. The van der Waals surface area contributed by atoms with Gasteiger partial charge in [-0.25, -0.2) is 0 Å². The van der Waals surface area contributed by atoms with Crippen molar-refractivity contribution in [2.45, 2.75) is 25.8 Å². The van der Waals surface area contributed by atoms with Crippen LogP contribution in [-0.4, -0.2) is 16.0 Å². The zero-order valence-corrected chi connectivity index (χ0v) is 11.6. The molecule has 0 spiro atoms. The Hall–Kier alpha value is -1.88. The summed E-state index contributed by atoms with van der Waals surface area (Å²) >= 11 is 5.92. The standard InChI is InChI=1S/C14H14ClN3O2/c15-11-6-2-5-10(7-11)13-17-12(20-18-13)8-16-14(19)9-3-1-4-9/h2,5-7,9H,1,3-4,8H2,(H,16,19). The first-order valence-electron chi connectivity index (χ1n) is 6.58. The van der Waals surface area contributed by atoms with Gasteiger partial charge in [-0.1, -0.05) is 35.3 Å². The fourth-order valence-corrected chi connectivity index (χ4v) is 2.24. The topological polar surface area (TPSA) is 68.0 Å². The highest BCUT2D eigenvalue weighted by Crippen LogP contribution is 2.26. The van der Waals surface area contributed by atoms with Crippen LogP contribution in [0.25, 0.3) is 11.4 Å². The number of aromatic nitrogens is 2. The monoisotopic (exact) mass is 291 g/mol. The number of carbonyl (C=O) groups excluding carboxylic acids is 1. The summed E-state index contributed by atoms with van der Waals surface area (Å²) in [6, 6.07) is 7.23. The zero-order chi connectivity index (χ0) is 13.9. The molecule has 1 aromatic carbocycles. The summed E-state index contributed by atoms with van der Waals surface area (Å²) in [5, 5.41) is 7.32. The quantitative estimate of drug-likeness (QED) is 0.940. The molecule has 3 rings (SSSR count). The van der Waals surface area contributed by atoms with E-state index >= 15 is 0 Å². The molecule has 104 valence electrons. The summed E-state index contributed by atoms with van der Waals surface area (Å²) in [5.74, 6) is 1.09. The van der Waals surface area contributed by atoms with Gasteiger partial charge in [-0.15, -0.1) is 0 Å². The second-order valence-corrected chi connectivity index (χ2v) is 5.30. The Morgan fingerprint density at radius 1 is 1.45 bits per heavy atom. The van der Waals surface area contributed by atoms with Gasteiger partial charge >= 0.3 is 0 Å². The highest BCUT2D eigenvalue weighted by atomic mass is 35.5. The van der Waals surface area contributed by atoms with E-state index in [1.165, 1.54) is 0 Å². The van der Waals surface area contributed by atoms with E-state index in [2.05, 4.69) is 15.5 Å². The molecule has 5 nitrogen and oxygen atoms in total. The molecule has 1 amide bonds. The van der Waals surface area contributed by atoms with Gasteiger partial charge < -0.3 is 9.84 Å². The molecule has 0 bridgehead atoms. The van der Waals surface area contributed by atoms with Crippen molar-refractivity contribution >= 4 is 17.5 Å². The Labute approximate surface area is 121 Å². The number of benzene rings is 1. The first kappa shape index (κ1) is 13.1. The molecule has 0 aliphatic heterocycles. The highest BCUT2D eigenvalue weighted by Gasteiger charge is 2.25. The van der Waals surface area contributed by atoms with Crippen LogP contribution in [0.4, 0.5) is 0 Å². The summed E-state index contributed by atoms with van der Waals surface area (Å²) < 4.78 is 5.12. The molecule has 0 radical (unpaired) electrons. The summed E-state index contributed by atoms with van der Waals surface area (Å²) in [5.41, 5.74) is 0.790. The number of nitrogens with one attached hydrogen (secondary N) is 1. The third-order valence-electron chi connectivity index (χ3n) is 3.44. The van der Waals surface area contributed by atoms with Crippen LogP contribution in [0.5, 0.6) is 0 Å². The van der Waals surface area contributed by atoms with Gasteiger partial charge in [0.25, 0.3) is 0 Å². The van der Waals surface area contributed by atoms with Crippen molar-refractivity contribution in [3.63, 3.8) is 0 Å². The second kappa shape index (κ2) is 5.63. The largest absolute Gasteiger partial charge is 0.347 e. The van der Waals surface area contributed by atoms with Crippen molar-refractivity contribution in [1.29, 1.82) is 0 Å². The van der Waals surface area contributed by atoms with E-state index in [-0.39, 0.29) is 18.4 Å². The molecule has 0 atom stereocenters. The van der Waals surface area contributed by atoms with Gasteiger partial charge in [-0.05, 0) is 25.0 Å². The average Bonchev–Trinajstić information content (AvgIpc) is 2.83. The Morgan fingerprint density at radius 2 is 2.30 bits per heavy atom. The lowest BCUT2D eigenvalue weighted by Crippen LogP contribution is -2.34. The number of rotatable bonds is 4. The minimum absolute atomic E-state index is 0.0683. The molecule has 1 aliphatic carbocycles. The molecular weight excluding hydrogens is 278 g/mol. The van der Waals surface area contributed by atoms with Crippen molar-refractivity contribution < 1.29 is 9.32 Å². The maximum Gasteiger partial charge on any atom is 0.246 e. The Kier molecular flexibility index (Phi) is 3.69. The van der Waals surface area contributed by atoms with Gasteiger partial charge in [-0.3, -0.25) is 4.79 Å². The normalized spacial score (nSPS) is 14.8. The van der Waals surface area contributed by atoms with Gasteiger partial charge in [0.05, 0.1) is 6.54 Å². The lowest BCUT2D eigenvalue weighted by molar-refractivity contribution is -0.127. The first-order valence-corrected chi connectivity index (χ1v) is 6.96.